The van der Waals surface area contributed by atoms with Gasteiger partial charge in [-0.2, -0.15) is 0 Å². The molecule has 0 unspecified atom stereocenters. The molecule has 1 aliphatic heterocycles. The van der Waals surface area contributed by atoms with Crippen LogP contribution in [0.15, 0.2) is 35.5 Å². The van der Waals surface area contributed by atoms with E-state index in [2.05, 4.69) is 25.2 Å². The zero-order chi connectivity index (χ0) is 16.8. The first kappa shape index (κ1) is 16.2. The summed E-state index contributed by atoms with van der Waals surface area (Å²) in [5.41, 5.74) is 1.81. The number of anilines is 1. The molecule has 0 aromatic carbocycles. The number of rotatable bonds is 5. The largest absolute Gasteiger partial charge is 0.370 e. The highest BCUT2D eigenvalue weighted by atomic mass is 16.2. The van der Waals surface area contributed by atoms with Crippen molar-refractivity contribution >= 4 is 11.6 Å². The molecule has 0 bridgehead atoms. The molecule has 2 aromatic heterocycles. The number of H-pyrrole nitrogens is 1. The number of nitrogens with zero attached hydrogens (tertiary/aromatic N) is 3. The van der Waals surface area contributed by atoms with Gasteiger partial charge < -0.3 is 15.2 Å². The van der Waals surface area contributed by atoms with E-state index in [4.69, 9.17) is 0 Å². The van der Waals surface area contributed by atoms with Gasteiger partial charge in [-0.25, -0.2) is 9.97 Å². The third-order valence-electron chi connectivity index (χ3n) is 4.10. The first-order chi connectivity index (χ1) is 11.7. The summed E-state index contributed by atoms with van der Waals surface area (Å²) in [5, 5.41) is 2.87. The lowest BCUT2D eigenvalue weighted by molar-refractivity contribution is 0.0949. The average Bonchev–Trinajstić information content (AvgIpc) is 2.62. The number of nitrogens with one attached hydrogen (secondary N) is 2. The van der Waals surface area contributed by atoms with Crippen LogP contribution in [0.25, 0.3) is 0 Å². The normalized spacial score (nSPS) is 14.4. The van der Waals surface area contributed by atoms with Crippen LogP contribution in [-0.2, 0) is 6.42 Å². The van der Waals surface area contributed by atoms with E-state index in [1.54, 1.807) is 6.20 Å². The summed E-state index contributed by atoms with van der Waals surface area (Å²) < 4.78 is 0. The third kappa shape index (κ3) is 3.98. The Morgan fingerprint density at radius 3 is 2.88 bits per heavy atom. The molecule has 2 N–H and O–H groups in total. The van der Waals surface area contributed by atoms with Gasteiger partial charge in [0.05, 0.1) is 12.0 Å². The average molecular weight is 327 g/mol. The molecule has 7 heteroatoms. The van der Waals surface area contributed by atoms with Crippen LogP contribution in [0.4, 0.5) is 5.69 Å². The highest BCUT2D eigenvalue weighted by Crippen LogP contribution is 2.22. The lowest BCUT2D eigenvalue weighted by Crippen LogP contribution is -2.34. The molecule has 1 amide bonds. The molecular formula is C17H21N5O2. The SMILES string of the molecule is O=C(NCCc1cc(=O)[nH]cn1)c1ncccc1N1CCCCC1. The first-order valence-corrected chi connectivity index (χ1v) is 8.26. The van der Waals surface area contributed by atoms with E-state index >= 15 is 0 Å². The molecule has 1 aliphatic rings. The number of hydrogen-bond donors (Lipinski definition) is 2. The Balaban J connectivity index is 1.63. The molecule has 0 saturated carbocycles. The van der Waals surface area contributed by atoms with Crippen molar-refractivity contribution in [3.8, 4) is 0 Å². The van der Waals surface area contributed by atoms with Crippen LogP contribution in [0.5, 0.6) is 0 Å². The zero-order valence-electron chi connectivity index (χ0n) is 13.5. The lowest BCUT2D eigenvalue weighted by atomic mass is 10.1. The number of carbonyl (C=O) groups excluding carboxylic acids is 1. The Kier molecular flexibility index (Phi) is 5.20. The molecule has 0 atom stereocenters. The second kappa shape index (κ2) is 7.72. The second-order valence-electron chi connectivity index (χ2n) is 5.83. The fourth-order valence-electron chi connectivity index (χ4n) is 2.90. The number of aromatic nitrogens is 3. The van der Waals surface area contributed by atoms with Crippen LogP contribution < -0.4 is 15.8 Å². The van der Waals surface area contributed by atoms with E-state index in [9.17, 15) is 9.59 Å². The quantitative estimate of drug-likeness (QED) is 0.859. The molecule has 1 fully saturated rings. The number of aromatic amines is 1. The second-order valence-corrected chi connectivity index (χ2v) is 5.83. The highest BCUT2D eigenvalue weighted by Gasteiger charge is 2.19. The Hall–Kier alpha value is -2.70. The molecule has 24 heavy (non-hydrogen) atoms. The topological polar surface area (TPSA) is 91.0 Å². The third-order valence-corrected chi connectivity index (χ3v) is 4.10. The van der Waals surface area contributed by atoms with Crippen molar-refractivity contribution < 1.29 is 4.79 Å². The van der Waals surface area contributed by atoms with E-state index in [-0.39, 0.29) is 11.5 Å². The zero-order valence-corrected chi connectivity index (χ0v) is 13.5. The van der Waals surface area contributed by atoms with Crippen LogP contribution in [-0.4, -0.2) is 40.5 Å². The van der Waals surface area contributed by atoms with Crippen molar-refractivity contribution in [3.63, 3.8) is 0 Å². The Bertz CT molecular complexity index is 752. The molecular weight excluding hydrogens is 306 g/mol. The predicted molar refractivity (Wildman–Crippen MR) is 91.2 cm³/mol. The van der Waals surface area contributed by atoms with E-state index in [1.165, 1.54) is 18.8 Å². The summed E-state index contributed by atoms with van der Waals surface area (Å²) in [7, 11) is 0. The molecule has 3 rings (SSSR count). The maximum Gasteiger partial charge on any atom is 0.272 e. The van der Waals surface area contributed by atoms with Crippen LogP contribution in [0.2, 0.25) is 0 Å². The Morgan fingerprint density at radius 1 is 1.25 bits per heavy atom. The summed E-state index contributed by atoms with van der Waals surface area (Å²) in [6.45, 7) is 2.33. The van der Waals surface area contributed by atoms with Gasteiger partial charge in [0.25, 0.3) is 11.5 Å². The standard InChI is InChI=1S/C17H21N5O2/c23-15-11-13(20-12-21-15)6-8-19-17(24)16-14(5-4-7-18-16)22-9-2-1-3-10-22/h4-5,7,11-12H,1-3,6,8-10H2,(H,19,24)(H,20,21,23). The minimum atomic E-state index is -0.194. The first-order valence-electron chi connectivity index (χ1n) is 8.26. The van der Waals surface area contributed by atoms with Crippen molar-refractivity contribution in [1.29, 1.82) is 0 Å². The number of piperidine rings is 1. The molecule has 2 aromatic rings. The minimum absolute atomic E-state index is 0.191. The number of carbonyl (C=O) groups is 1. The smallest absolute Gasteiger partial charge is 0.272 e. The van der Waals surface area contributed by atoms with Gasteiger partial charge in [0.1, 0.15) is 0 Å². The Labute approximate surface area is 140 Å². The lowest BCUT2D eigenvalue weighted by Gasteiger charge is -2.29. The number of hydrogen-bond acceptors (Lipinski definition) is 5. The molecule has 0 spiro atoms. The van der Waals surface area contributed by atoms with E-state index in [0.29, 0.717) is 24.4 Å². The van der Waals surface area contributed by atoms with Crippen molar-refractivity contribution in [2.24, 2.45) is 0 Å². The van der Waals surface area contributed by atoms with Gasteiger partial charge in [-0.3, -0.25) is 9.59 Å². The summed E-state index contributed by atoms with van der Waals surface area (Å²) >= 11 is 0. The number of pyridine rings is 1. The van der Waals surface area contributed by atoms with E-state index in [0.717, 1.165) is 31.6 Å². The summed E-state index contributed by atoms with van der Waals surface area (Å²) in [6.07, 6.45) is 7.03. The van der Waals surface area contributed by atoms with Crippen molar-refractivity contribution in [2.75, 3.05) is 24.5 Å². The molecule has 1 saturated heterocycles. The minimum Gasteiger partial charge on any atom is -0.370 e. The fraction of sp³-hybridized carbons (Fsp3) is 0.412. The van der Waals surface area contributed by atoms with Gasteiger partial charge in [-0.05, 0) is 31.4 Å². The van der Waals surface area contributed by atoms with Gasteiger partial charge in [-0.15, -0.1) is 0 Å². The van der Waals surface area contributed by atoms with Crippen molar-refractivity contribution in [2.45, 2.75) is 25.7 Å². The molecule has 3 heterocycles. The maximum absolute atomic E-state index is 12.5. The highest BCUT2D eigenvalue weighted by molar-refractivity contribution is 5.97. The van der Waals surface area contributed by atoms with Gasteiger partial charge in [0, 0.05) is 44.0 Å². The molecule has 126 valence electrons. The predicted octanol–water partition coefficient (Wildman–Crippen LogP) is 1.13. The van der Waals surface area contributed by atoms with Gasteiger partial charge in [0.15, 0.2) is 5.69 Å². The molecule has 0 aliphatic carbocycles. The van der Waals surface area contributed by atoms with Crippen LogP contribution in [0.1, 0.15) is 35.4 Å². The number of amides is 1. The fourth-order valence-corrected chi connectivity index (χ4v) is 2.90. The Morgan fingerprint density at radius 2 is 2.08 bits per heavy atom. The van der Waals surface area contributed by atoms with Crippen LogP contribution >= 0.6 is 0 Å². The van der Waals surface area contributed by atoms with E-state index in [1.807, 2.05) is 12.1 Å². The summed E-state index contributed by atoms with van der Waals surface area (Å²) in [6, 6.07) is 5.25. The van der Waals surface area contributed by atoms with Crippen LogP contribution in [0.3, 0.4) is 0 Å². The maximum atomic E-state index is 12.5. The van der Waals surface area contributed by atoms with E-state index < -0.39 is 0 Å². The van der Waals surface area contributed by atoms with Crippen molar-refractivity contribution in [3.05, 3.63) is 52.5 Å². The van der Waals surface area contributed by atoms with Crippen molar-refractivity contribution in [1.82, 2.24) is 20.3 Å². The summed E-state index contributed by atoms with van der Waals surface area (Å²) in [5.74, 6) is -0.194. The van der Waals surface area contributed by atoms with Crippen LogP contribution in [0, 0.1) is 0 Å². The van der Waals surface area contributed by atoms with Gasteiger partial charge in [0.2, 0.25) is 0 Å². The molecule has 0 radical (unpaired) electrons. The van der Waals surface area contributed by atoms with Gasteiger partial charge in [-0.1, -0.05) is 0 Å². The van der Waals surface area contributed by atoms with Gasteiger partial charge >= 0.3 is 0 Å². The summed E-state index contributed by atoms with van der Waals surface area (Å²) in [4.78, 5) is 36.7. The monoisotopic (exact) mass is 327 g/mol. The molecule has 7 nitrogen and oxygen atoms in total.